The summed E-state index contributed by atoms with van der Waals surface area (Å²) in [5.74, 6) is 0.613. The zero-order valence-electron chi connectivity index (χ0n) is 14.8. The van der Waals surface area contributed by atoms with Crippen LogP contribution in [-0.2, 0) is 0 Å². The number of hydrogen-bond acceptors (Lipinski definition) is 3. The van der Waals surface area contributed by atoms with E-state index in [0.717, 1.165) is 33.5 Å². The molecule has 3 aromatic carbocycles. The molecule has 1 heterocycles. The van der Waals surface area contributed by atoms with E-state index in [-0.39, 0.29) is 0 Å². The molecule has 0 N–H and O–H groups in total. The summed E-state index contributed by atoms with van der Waals surface area (Å²) in [5, 5.41) is 0.994. The van der Waals surface area contributed by atoms with Crippen LogP contribution in [0, 0.1) is 13.8 Å². The second-order valence-corrected chi connectivity index (χ2v) is 7.18. The van der Waals surface area contributed by atoms with Gasteiger partial charge in [-0.15, -0.1) is 0 Å². The first-order valence-electron chi connectivity index (χ1n) is 8.47. The number of oxazole rings is 1. The third-order valence-corrected chi connectivity index (χ3v) is 5.15. The Labute approximate surface area is 167 Å². The summed E-state index contributed by atoms with van der Waals surface area (Å²) in [6.45, 7) is 4.13. The van der Waals surface area contributed by atoms with Crippen LogP contribution in [0.2, 0.25) is 10.0 Å². The molecule has 0 amide bonds. The SMILES string of the molecule is Cc1ccc(-c2nc3cc(N=Cc4cccc(Cl)c4Cl)ccc3o2)c(C)c1. The van der Waals surface area contributed by atoms with Gasteiger partial charge in [-0.25, -0.2) is 4.98 Å². The molecule has 0 saturated carbocycles. The highest BCUT2D eigenvalue weighted by molar-refractivity contribution is 6.43. The van der Waals surface area contributed by atoms with Gasteiger partial charge in [0.2, 0.25) is 5.89 Å². The highest BCUT2D eigenvalue weighted by Gasteiger charge is 2.11. The molecule has 0 atom stereocenters. The van der Waals surface area contributed by atoms with Crippen LogP contribution in [0.25, 0.3) is 22.6 Å². The van der Waals surface area contributed by atoms with Gasteiger partial charge in [-0.2, -0.15) is 0 Å². The van der Waals surface area contributed by atoms with Gasteiger partial charge in [-0.1, -0.05) is 53.0 Å². The molecular weight excluding hydrogens is 379 g/mol. The maximum absolute atomic E-state index is 6.20. The molecule has 1 aromatic heterocycles. The number of fused-ring (bicyclic) bond motifs is 1. The molecule has 4 rings (SSSR count). The van der Waals surface area contributed by atoms with Crippen molar-refractivity contribution in [3.8, 4) is 11.5 Å². The number of halogens is 2. The van der Waals surface area contributed by atoms with E-state index >= 15 is 0 Å². The molecular formula is C22H16Cl2N2O. The van der Waals surface area contributed by atoms with Crippen LogP contribution < -0.4 is 0 Å². The summed E-state index contributed by atoms with van der Waals surface area (Å²) < 4.78 is 5.93. The minimum Gasteiger partial charge on any atom is -0.436 e. The topological polar surface area (TPSA) is 38.4 Å². The molecule has 0 aliphatic rings. The Kier molecular flexibility index (Phi) is 4.73. The number of rotatable bonds is 3. The molecule has 3 nitrogen and oxygen atoms in total. The van der Waals surface area contributed by atoms with Crippen molar-refractivity contribution in [1.82, 2.24) is 4.98 Å². The van der Waals surface area contributed by atoms with E-state index in [1.54, 1.807) is 12.3 Å². The van der Waals surface area contributed by atoms with Crippen LogP contribution >= 0.6 is 23.2 Å². The summed E-state index contributed by atoms with van der Waals surface area (Å²) >= 11 is 12.2. The smallest absolute Gasteiger partial charge is 0.227 e. The lowest BCUT2D eigenvalue weighted by molar-refractivity contribution is 0.619. The van der Waals surface area contributed by atoms with Crippen molar-refractivity contribution < 1.29 is 4.42 Å². The first-order valence-corrected chi connectivity index (χ1v) is 9.23. The number of hydrogen-bond donors (Lipinski definition) is 0. The summed E-state index contributed by atoms with van der Waals surface area (Å²) in [7, 11) is 0. The second-order valence-electron chi connectivity index (χ2n) is 6.39. The van der Waals surface area contributed by atoms with Gasteiger partial charge in [0.1, 0.15) is 5.52 Å². The van der Waals surface area contributed by atoms with E-state index in [1.165, 1.54) is 5.56 Å². The lowest BCUT2D eigenvalue weighted by Gasteiger charge is -2.01. The summed E-state index contributed by atoms with van der Waals surface area (Å²) in [6, 6.07) is 17.3. The number of aryl methyl sites for hydroxylation is 2. The molecule has 27 heavy (non-hydrogen) atoms. The van der Waals surface area contributed by atoms with Crippen LogP contribution in [0.15, 0.2) is 64.0 Å². The fourth-order valence-electron chi connectivity index (χ4n) is 2.93. The van der Waals surface area contributed by atoms with E-state index in [4.69, 9.17) is 27.6 Å². The van der Waals surface area contributed by atoms with Crippen molar-refractivity contribution in [3.63, 3.8) is 0 Å². The molecule has 0 aliphatic carbocycles. The predicted molar refractivity (Wildman–Crippen MR) is 113 cm³/mol. The quantitative estimate of drug-likeness (QED) is 0.345. The number of aliphatic imine (C=N–C) groups is 1. The Bertz CT molecular complexity index is 1180. The highest BCUT2D eigenvalue weighted by Crippen LogP contribution is 2.30. The molecule has 5 heteroatoms. The van der Waals surface area contributed by atoms with Gasteiger partial charge in [-0.05, 0) is 49.7 Å². The Morgan fingerprint density at radius 2 is 1.85 bits per heavy atom. The average Bonchev–Trinajstić information content (AvgIpc) is 3.06. The van der Waals surface area contributed by atoms with Crippen LogP contribution in [0.5, 0.6) is 0 Å². The fraction of sp³-hybridized carbons (Fsp3) is 0.0909. The van der Waals surface area contributed by atoms with Gasteiger partial charge in [0.15, 0.2) is 5.58 Å². The number of nitrogens with zero attached hydrogens (tertiary/aromatic N) is 2. The minimum absolute atomic E-state index is 0.488. The van der Waals surface area contributed by atoms with Crippen LogP contribution in [0.1, 0.15) is 16.7 Å². The fourth-order valence-corrected chi connectivity index (χ4v) is 3.29. The third kappa shape index (κ3) is 3.61. The monoisotopic (exact) mass is 394 g/mol. The third-order valence-electron chi connectivity index (χ3n) is 4.32. The van der Waals surface area contributed by atoms with Crippen LogP contribution in [0.3, 0.4) is 0 Å². The molecule has 0 fully saturated rings. The predicted octanol–water partition coefficient (Wildman–Crippen LogP) is 7.17. The summed E-state index contributed by atoms with van der Waals surface area (Å²) in [5.41, 5.74) is 6.35. The van der Waals surface area contributed by atoms with Gasteiger partial charge < -0.3 is 4.42 Å². The summed E-state index contributed by atoms with van der Waals surface area (Å²) in [4.78, 5) is 9.12. The van der Waals surface area contributed by atoms with Crippen LogP contribution in [0.4, 0.5) is 5.69 Å². The standard InChI is InChI=1S/C22H16Cl2N2O/c1-13-6-8-17(14(2)10-13)22-26-19-11-16(7-9-20(19)27-22)25-12-15-4-3-5-18(23)21(15)24/h3-12H,1-2H3. The Hall–Kier alpha value is -2.62. The first-order chi connectivity index (χ1) is 13.0. The van der Waals surface area contributed by atoms with Crippen LogP contribution in [-0.4, -0.2) is 11.2 Å². The van der Waals surface area contributed by atoms with E-state index < -0.39 is 0 Å². The molecule has 0 aliphatic heterocycles. The Balaban J connectivity index is 1.68. The molecule has 0 spiro atoms. The minimum atomic E-state index is 0.488. The Morgan fingerprint density at radius 1 is 1.00 bits per heavy atom. The van der Waals surface area contributed by atoms with Gasteiger partial charge in [0.05, 0.1) is 15.7 Å². The maximum atomic E-state index is 6.20. The first kappa shape index (κ1) is 17.8. The van der Waals surface area contributed by atoms with Crippen molar-refractivity contribution in [1.29, 1.82) is 0 Å². The lowest BCUT2D eigenvalue weighted by atomic mass is 10.1. The normalized spacial score (nSPS) is 11.6. The van der Waals surface area contributed by atoms with Crippen molar-refractivity contribution in [2.24, 2.45) is 4.99 Å². The second kappa shape index (κ2) is 7.18. The average molecular weight is 395 g/mol. The van der Waals surface area contributed by atoms with Crippen molar-refractivity contribution >= 4 is 46.2 Å². The van der Waals surface area contributed by atoms with Gasteiger partial charge >= 0.3 is 0 Å². The van der Waals surface area contributed by atoms with Crippen molar-refractivity contribution in [3.05, 3.63) is 81.3 Å². The molecule has 0 radical (unpaired) electrons. The van der Waals surface area contributed by atoms with E-state index in [9.17, 15) is 0 Å². The maximum Gasteiger partial charge on any atom is 0.227 e. The van der Waals surface area contributed by atoms with Crippen molar-refractivity contribution in [2.45, 2.75) is 13.8 Å². The van der Waals surface area contributed by atoms with E-state index in [2.05, 4.69) is 36.0 Å². The largest absolute Gasteiger partial charge is 0.436 e. The Morgan fingerprint density at radius 3 is 2.67 bits per heavy atom. The zero-order chi connectivity index (χ0) is 19.0. The molecule has 0 saturated heterocycles. The summed E-state index contributed by atoms with van der Waals surface area (Å²) in [6.07, 6.45) is 1.69. The van der Waals surface area contributed by atoms with Gasteiger partial charge in [-0.3, -0.25) is 4.99 Å². The van der Waals surface area contributed by atoms with E-state index in [1.807, 2.05) is 36.4 Å². The molecule has 4 aromatic rings. The molecule has 0 unspecified atom stereocenters. The number of aromatic nitrogens is 1. The molecule has 0 bridgehead atoms. The van der Waals surface area contributed by atoms with Gasteiger partial charge in [0.25, 0.3) is 0 Å². The lowest BCUT2D eigenvalue weighted by Crippen LogP contribution is -1.84. The van der Waals surface area contributed by atoms with Crippen molar-refractivity contribution in [2.75, 3.05) is 0 Å². The van der Waals surface area contributed by atoms with E-state index in [0.29, 0.717) is 15.9 Å². The number of benzene rings is 3. The molecule has 134 valence electrons. The van der Waals surface area contributed by atoms with Gasteiger partial charge in [0, 0.05) is 17.3 Å². The zero-order valence-corrected chi connectivity index (χ0v) is 16.3. The highest BCUT2D eigenvalue weighted by atomic mass is 35.5.